The molecule has 0 atom stereocenters. The summed E-state index contributed by atoms with van der Waals surface area (Å²) in [6.45, 7) is 5.66. The summed E-state index contributed by atoms with van der Waals surface area (Å²) in [6.07, 6.45) is 7.36. The number of unbranched alkanes of at least 4 members (excludes halogenated alkanes) is 2. The zero-order valence-electron chi connectivity index (χ0n) is 12.8. The SMILES string of the molecule is CCCCOc1cccc(-c2cnco2)c1OCCCC. The molecule has 1 aromatic heterocycles. The Morgan fingerprint density at radius 3 is 2.48 bits per heavy atom. The van der Waals surface area contributed by atoms with Gasteiger partial charge in [0.1, 0.15) is 0 Å². The lowest BCUT2D eigenvalue weighted by Gasteiger charge is -2.15. The molecule has 0 amide bonds. The van der Waals surface area contributed by atoms with Crippen LogP contribution in [0.15, 0.2) is 35.2 Å². The highest BCUT2D eigenvalue weighted by Gasteiger charge is 2.15. The smallest absolute Gasteiger partial charge is 0.181 e. The molecule has 0 saturated heterocycles. The number of ether oxygens (including phenoxy) is 2. The van der Waals surface area contributed by atoms with Gasteiger partial charge in [-0.2, -0.15) is 0 Å². The van der Waals surface area contributed by atoms with Gasteiger partial charge in [0.15, 0.2) is 23.7 Å². The third-order valence-electron chi connectivity index (χ3n) is 3.18. The quantitative estimate of drug-likeness (QED) is 0.628. The average Bonchev–Trinajstić information content (AvgIpc) is 3.03. The van der Waals surface area contributed by atoms with Crippen LogP contribution in [0.1, 0.15) is 39.5 Å². The molecule has 0 spiro atoms. The topological polar surface area (TPSA) is 44.5 Å². The van der Waals surface area contributed by atoms with Gasteiger partial charge < -0.3 is 13.9 Å². The summed E-state index contributed by atoms with van der Waals surface area (Å²) in [6, 6.07) is 5.86. The molecule has 0 aliphatic carbocycles. The summed E-state index contributed by atoms with van der Waals surface area (Å²) in [5, 5.41) is 0. The van der Waals surface area contributed by atoms with E-state index in [1.807, 2.05) is 18.2 Å². The minimum absolute atomic E-state index is 0.672. The summed E-state index contributed by atoms with van der Waals surface area (Å²) >= 11 is 0. The van der Waals surface area contributed by atoms with Crippen LogP contribution in [-0.4, -0.2) is 18.2 Å². The van der Waals surface area contributed by atoms with Crippen LogP contribution in [0.3, 0.4) is 0 Å². The van der Waals surface area contributed by atoms with E-state index >= 15 is 0 Å². The molecule has 0 bridgehead atoms. The molecular weight excluding hydrogens is 266 g/mol. The highest BCUT2D eigenvalue weighted by atomic mass is 16.5. The lowest BCUT2D eigenvalue weighted by Crippen LogP contribution is -2.03. The van der Waals surface area contributed by atoms with Gasteiger partial charge in [0.25, 0.3) is 0 Å². The van der Waals surface area contributed by atoms with E-state index in [1.54, 1.807) is 6.20 Å². The van der Waals surface area contributed by atoms with Crippen LogP contribution in [-0.2, 0) is 0 Å². The van der Waals surface area contributed by atoms with Crippen molar-refractivity contribution in [3.8, 4) is 22.8 Å². The molecule has 0 aliphatic rings. The van der Waals surface area contributed by atoms with Gasteiger partial charge in [0.05, 0.1) is 25.0 Å². The van der Waals surface area contributed by atoms with E-state index in [0.29, 0.717) is 19.0 Å². The minimum Gasteiger partial charge on any atom is -0.490 e. The number of hydrogen-bond acceptors (Lipinski definition) is 4. The van der Waals surface area contributed by atoms with Crippen molar-refractivity contribution in [3.05, 3.63) is 30.8 Å². The lowest BCUT2D eigenvalue weighted by atomic mass is 10.1. The Hall–Kier alpha value is -1.97. The number of nitrogens with zero attached hydrogens (tertiary/aromatic N) is 1. The average molecular weight is 289 g/mol. The van der Waals surface area contributed by atoms with Gasteiger partial charge in [-0.3, -0.25) is 0 Å². The normalized spacial score (nSPS) is 10.6. The monoisotopic (exact) mass is 289 g/mol. The van der Waals surface area contributed by atoms with E-state index in [4.69, 9.17) is 13.9 Å². The van der Waals surface area contributed by atoms with Gasteiger partial charge >= 0.3 is 0 Å². The largest absolute Gasteiger partial charge is 0.490 e. The first-order valence-corrected chi connectivity index (χ1v) is 7.64. The maximum Gasteiger partial charge on any atom is 0.181 e. The van der Waals surface area contributed by atoms with Crippen LogP contribution in [0.25, 0.3) is 11.3 Å². The molecule has 1 aromatic carbocycles. The van der Waals surface area contributed by atoms with Crippen LogP contribution in [0, 0.1) is 0 Å². The first-order valence-electron chi connectivity index (χ1n) is 7.64. The molecule has 0 fully saturated rings. The zero-order chi connectivity index (χ0) is 14.9. The predicted octanol–water partition coefficient (Wildman–Crippen LogP) is 4.70. The van der Waals surface area contributed by atoms with E-state index in [2.05, 4.69) is 18.8 Å². The Morgan fingerprint density at radius 2 is 1.81 bits per heavy atom. The van der Waals surface area contributed by atoms with E-state index in [0.717, 1.165) is 42.7 Å². The molecule has 2 rings (SSSR count). The Bertz CT molecular complexity index is 523. The van der Waals surface area contributed by atoms with Gasteiger partial charge in [0, 0.05) is 0 Å². The van der Waals surface area contributed by atoms with Crippen molar-refractivity contribution in [3.63, 3.8) is 0 Å². The Labute approximate surface area is 126 Å². The Kier molecular flexibility index (Phi) is 6.13. The van der Waals surface area contributed by atoms with Crippen molar-refractivity contribution in [1.29, 1.82) is 0 Å². The van der Waals surface area contributed by atoms with Gasteiger partial charge in [-0.15, -0.1) is 0 Å². The van der Waals surface area contributed by atoms with Crippen LogP contribution in [0.5, 0.6) is 11.5 Å². The molecule has 4 heteroatoms. The second-order valence-corrected chi connectivity index (χ2v) is 4.90. The molecular formula is C17H23NO3. The van der Waals surface area contributed by atoms with E-state index in [-0.39, 0.29) is 0 Å². The number of oxazole rings is 1. The highest BCUT2D eigenvalue weighted by Crippen LogP contribution is 2.38. The van der Waals surface area contributed by atoms with Gasteiger partial charge in [-0.1, -0.05) is 32.8 Å². The van der Waals surface area contributed by atoms with Crippen molar-refractivity contribution in [1.82, 2.24) is 4.98 Å². The van der Waals surface area contributed by atoms with Crippen LogP contribution in [0.2, 0.25) is 0 Å². The zero-order valence-corrected chi connectivity index (χ0v) is 12.8. The number of rotatable bonds is 9. The van der Waals surface area contributed by atoms with Crippen molar-refractivity contribution < 1.29 is 13.9 Å². The molecule has 114 valence electrons. The third kappa shape index (κ3) is 4.25. The predicted molar refractivity (Wildman–Crippen MR) is 82.7 cm³/mol. The van der Waals surface area contributed by atoms with Crippen LogP contribution < -0.4 is 9.47 Å². The van der Waals surface area contributed by atoms with Gasteiger partial charge in [-0.25, -0.2) is 4.98 Å². The lowest BCUT2D eigenvalue weighted by molar-refractivity contribution is 0.262. The summed E-state index contributed by atoms with van der Waals surface area (Å²) in [4.78, 5) is 3.98. The summed E-state index contributed by atoms with van der Waals surface area (Å²) < 4.78 is 17.2. The fourth-order valence-corrected chi connectivity index (χ4v) is 1.97. The molecule has 21 heavy (non-hydrogen) atoms. The molecule has 0 N–H and O–H groups in total. The number of para-hydroxylation sites is 1. The second-order valence-electron chi connectivity index (χ2n) is 4.90. The minimum atomic E-state index is 0.672. The molecule has 0 unspecified atom stereocenters. The Balaban J connectivity index is 2.23. The summed E-state index contributed by atoms with van der Waals surface area (Å²) in [5.74, 6) is 2.22. The molecule has 2 aromatic rings. The van der Waals surface area contributed by atoms with Crippen molar-refractivity contribution in [2.24, 2.45) is 0 Å². The number of aromatic nitrogens is 1. The van der Waals surface area contributed by atoms with Crippen LogP contribution in [0.4, 0.5) is 0 Å². The van der Waals surface area contributed by atoms with Crippen molar-refractivity contribution >= 4 is 0 Å². The van der Waals surface area contributed by atoms with Crippen molar-refractivity contribution in [2.75, 3.05) is 13.2 Å². The standard InChI is InChI=1S/C17H23NO3/c1-3-5-10-19-15-9-7-8-14(16-12-18-13-21-16)17(15)20-11-6-4-2/h7-9,12-13H,3-6,10-11H2,1-2H3. The fourth-order valence-electron chi connectivity index (χ4n) is 1.97. The number of benzene rings is 1. The maximum absolute atomic E-state index is 5.95. The maximum atomic E-state index is 5.95. The first-order chi connectivity index (χ1) is 10.4. The first kappa shape index (κ1) is 15.4. The third-order valence-corrected chi connectivity index (χ3v) is 3.18. The summed E-state index contributed by atoms with van der Waals surface area (Å²) in [5.41, 5.74) is 0.887. The van der Waals surface area contributed by atoms with Crippen molar-refractivity contribution in [2.45, 2.75) is 39.5 Å². The molecule has 1 heterocycles. The fraction of sp³-hybridized carbons (Fsp3) is 0.471. The number of hydrogen-bond donors (Lipinski definition) is 0. The Morgan fingerprint density at radius 1 is 1.05 bits per heavy atom. The summed E-state index contributed by atoms with van der Waals surface area (Å²) in [7, 11) is 0. The highest BCUT2D eigenvalue weighted by molar-refractivity contribution is 5.69. The van der Waals surface area contributed by atoms with E-state index in [9.17, 15) is 0 Å². The molecule has 0 aliphatic heterocycles. The molecule has 4 nitrogen and oxygen atoms in total. The van der Waals surface area contributed by atoms with Crippen LogP contribution >= 0.6 is 0 Å². The molecule has 0 radical (unpaired) electrons. The molecule has 0 saturated carbocycles. The van der Waals surface area contributed by atoms with E-state index in [1.165, 1.54) is 6.39 Å². The second kappa shape index (κ2) is 8.35. The van der Waals surface area contributed by atoms with Gasteiger partial charge in [-0.05, 0) is 25.0 Å². The van der Waals surface area contributed by atoms with E-state index < -0.39 is 0 Å². The van der Waals surface area contributed by atoms with Gasteiger partial charge in [0.2, 0.25) is 0 Å².